The Bertz CT molecular complexity index is 600. The largest absolute Gasteiger partial charge is 0.372 e. The first kappa shape index (κ1) is 15.7. The van der Waals surface area contributed by atoms with Gasteiger partial charge in [-0.15, -0.1) is 0 Å². The fourth-order valence-electron chi connectivity index (χ4n) is 3.21. The minimum absolute atomic E-state index is 0.0130. The molecule has 2 aliphatic heterocycles. The Morgan fingerprint density at radius 2 is 2.13 bits per heavy atom. The topological polar surface area (TPSA) is 58.6 Å². The van der Waals surface area contributed by atoms with Crippen LogP contribution in [0.1, 0.15) is 25.3 Å². The molecule has 0 aliphatic carbocycles. The van der Waals surface area contributed by atoms with Crippen molar-refractivity contribution in [3.05, 3.63) is 48.0 Å². The van der Waals surface area contributed by atoms with Crippen molar-refractivity contribution in [1.29, 1.82) is 0 Å². The number of hydrogen-bond donors (Lipinski definition) is 1. The number of nitrogens with zero attached hydrogens (tertiary/aromatic N) is 1. The molecule has 0 radical (unpaired) electrons. The van der Waals surface area contributed by atoms with E-state index in [0.29, 0.717) is 19.6 Å². The van der Waals surface area contributed by atoms with Crippen molar-refractivity contribution in [1.82, 2.24) is 10.2 Å². The molecule has 1 aromatic carbocycles. The monoisotopic (exact) mass is 314 g/mol. The zero-order valence-electron chi connectivity index (χ0n) is 13.3. The van der Waals surface area contributed by atoms with Crippen LogP contribution in [0, 0.1) is 0 Å². The molecule has 5 nitrogen and oxygen atoms in total. The molecule has 1 aromatic rings. The van der Waals surface area contributed by atoms with Crippen LogP contribution in [0.5, 0.6) is 0 Å². The zero-order chi connectivity index (χ0) is 16.2. The molecule has 0 unspecified atom stereocenters. The highest BCUT2D eigenvalue weighted by Crippen LogP contribution is 2.26. The Kier molecular flexibility index (Phi) is 4.76. The van der Waals surface area contributed by atoms with Crippen molar-refractivity contribution in [2.24, 2.45) is 0 Å². The van der Waals surface area contributed by atoms with Crippen molar-refractivity contribution in [3.8, 4) is 0 Å². The van der Waals surface area contributed by atoms with E-state index in [4.69, 9.17) is 4.74 Å². The van der Waals surface area contributed by atoms with Crippen molar-refractivity contribution in [2.75, 3.05) is 6.54 Å². The third-order valence-corrected chi connectivity index (χ3v) is 4.32. The van der Waals surface area contributed by atoms with Gasteiger partial charge in [0.15, 0.2) is 0 Å². The number of carbonyl (C=O) groups is 2. The van der Waals surface area contributed by atoms with E-state index in [1.54, 1.807) is 0 Å². The van der Waals surface area contributed by atoms with Gasteiger partial charge in [0.1, 0.15) is 6.04 Å². The van der Waals surface area contributed by atoms with E-state index in [-0.39, 0.29) is 24.0 Å². The van der Waals surface area contributed by atoms with Crippen LogP contribution < -0.4 is 5.32 Å². The van der Waals surface area contributed by atoms with Crippen molar-refractivity contribution in [3.63, 3.8) is 0 Å². The van der Waals surface area contributed by atoms with Crippen LogP contribution in [0.3, 0.4) is 0 Å². The molecule has 0 aromatic heterocycles. The Morgan fingerprint density at radius 1 is 1.35 bits per heavy atom. The molecule has 5 heteroatoms. The maximum atomic E-state index is 12.6. The molecule has 23 heavy (non-hydrogen) atoms. The lowest BCUT2D eigenvalue weighted by molar-refractivity contribution is -0.136. The average Bonchev–Trinajstić information content (AvgIpc) is 2.89. The van der Waals surface area contributed by atoms with Crippen molar-refractivity contribution in [2.45, 2.75) is 44.6 Å². The van der Waals surface area contributed by atoms with Gasteiger partial charge in [0.25, 0.3) is 0 Å². The molecule has 3 atom stereocenters. The van der Waals surface area contributed by atoms with Crippen LogP contribution in [0.15, 0.2) is 42.5 Å². The van der Waals surface area contributed by atoms with Gasteiger partial charge in [0.05, 0.1) is 18.8 Å². The summed E-state index contributed by atoms with van der Waals surface area (Å²) < 4.78 is 5.97. The number of carbonyl (C=O) groups excluding carboxylic acids is 2. The number of benzene rings is 1. The van der Waals surface area contributed by atoms with Gasteiger partial charge in [0.2, 0.25) is 11.8 Å². The van der Waals surface area contributed by atoms with Crippen LogP contribution >= 0.6 is 0 Å². The highest BCUT2D eigenvalue weighted by atomic mass is 16.5. The second-order valence-corrected chi connectivity index (χ2v) is 6.13. The van der Waals surface area contributed by atoms with Crippen LogP contribution in [0.25, 0.3) is 0 Å². The average molecular weight is 314 g/mol. The second-order valence-electron chi connectivity index (χ2n) is 6.13. The predicted octanol–water partition coefficient (Wildman–Crippen LogP) is 1.64. The van der Waals surface area contributed by atoms with E-state index in [2.05, 4.69) is 11.4 Å². The van der Waals surface area contributed by atoms with Gasteiger partial charge in [-0.25, -0.2) is 0 Å². The highest BCUT2D eigenvalue weighted by Gasteiger charge is 2.38. The number of rotatable bonds is 4. The lowest BCUT2D eigenvalue weighted by Gasteiger charge is -2.24. The van der Waals surface area contributed by atoms with Gasteiger partial charge in [-0.05, 0) is 18.4 Å². The maximum Gasteiger partial charge on any atom is 0.246 e. The van der Waals surface area contributed by atoms with E-state index in [9.17, 15) is 9.59 Å². The normalized spacial score (nSPS) is 26.7. The van der Waals surface area contributed by atoms with Gasteiger partial charge in [0, 0.05) is 13.5 Å². The molecular formula is C18H22N2O3. The molecule has 122 valence electrons. The lowest BCUT2D eigenvalue weighted by Crippen LogP contribution is -2.48. The molecule has 1 saturated heterocycles. The summed E-state index contributed by atoms with van der Waals surface area (Å²) in [6, 6.07) is 9.64. The molecular weight excluding hydrogens is 292 g/mol. The minimum atomic E-state index is -0.457. The molecule has 2 amide bonds. The Morgan fingerprint density at radius 3 is 2.87 bits per heavy atom. The first-order valence-electron chi connectivity index (χ1n) is 8.03. The van der Waals surface area contributed by atoms with E-state index in [1.807, 2.05) is 41.3 Å². The van der Waals surface area contributed by atoms with Gasteiger partial charge < -0.3 is 15.0 Å². The first-order valence-corrected chi connectivity index (χ1v) is 8.03. The van der Waals surface area contributed by atoms with Crippen molar-refractivity contribution < 1.29 is 14.3 Å². The third-order valence-electron chi connectivity index (χ3n) is 4.32. The zero-order valence-corrected chi connectivity index (χ0v) is 13.3. The number of hydrogen-bond acceptors (Lipinski definition) is 3. The van der Waals surface area contributed by atoms with Crippen LogP contribution in [-0.4, -0.2) is 41.4 Å². The smallest absolute Gasteiger partial charge is 0.246 e. The number of amides is 2. The highest BCUT2D eigenvalue weighted by molar-refractivity contribution is 5.88. The van der Waals surface area contributed by atoms with E-state index in [1.165, 1.54) is 6.92 Å². The number of fused-ring (bicyclic) bond motifs is 1. The summed E-state index contributed by atoms with van der Waals surface area (Å²) in [7, 11) is 0. The van der Waals surface area contributed by atoms with Gasteiger partial charge in [-0.3, -0.25) is 9.59 Å². The molecule has 3 rings (SSSR count). The van der Waals surface area contributed by atoms with E-state index in [0.717, 1.165) is 12.0 Å². The molecule has 0 spiro atoms. The summed E-state index contributed by atoms with van der Waals surface area (Å²) in [4.78, 5) is 25.7. The van der Waals surface area contributed by atoms with Crippen LogP contribution in [-0.2, 0) is 20.9 Å². The van der Waals surface area contributed by atoms with E-state index < -0.39 is 6.04 Å². The molecule has 1 fully saturated rings. The summed E-state index contributed by atoms with van der Waals surface area (Å²) >= 11 is 0. The Balaban J connectivity index is 1.60. The Labute approximate surface area is 136 Å². The minimum Gasteiger partial charge on any atom is -0.372 e. The maximum absolute atomic E-state index is 12.6. The summed E-state index contributed by atoms with van der Waals surface area (Å²) in [5, 5.41) is 2.73. The number of nitrogens with one attached hydrogen (secondary N) is 1. The van der Waals surface area contributed by atoms with Crippen LogP contribution in [0.4, 0.5) is 0 Å². The lowest BCUT2D eigenvalue weighted by atomic mass is 10.1. The molecule has 1 N–H and O–H groups in total. The molecule has 0 saturated carbocycles. The Hall–Kier alpha value is -2.14. The molecule has 0 bridgehead atoms. The fourth-order valence-corrected chi connectivity index (χ4v) is 3.21. The predicted molar refractivity (Wildman–Crippen MR) is 86.5 cm³/mol. The van der Waals surface area contributed by atoms with Crippen LogP contribution in [0.2, 0.25) is 0 Å². The molecule has 2 aliphatic rings. The standard InChI is InChI=1S/C18H22N2O3/c1-13(21)19-17-9-5-8-15-10-16(11-20(15)18(17)22)23-12-14-6-3-2-4-7-14/h2-8,15-17H,9-12H2,1H3,(H,19,21)/t15-,16+,17-/m0/s1. The summed E-state index contributed by atoms with van der Waals surface area (Å²) in [5.41, 5.74) is 1.13. The first-order chi connectivity index (χ1) is 11.1. The number of ether oxygens (including phenoxy) is 1. The third kappa shape index (κ3) is 3.79. The fraction of sp³-hybridized carbons (Fsp3) is 0.444. The van der Waals surface area contributed by atoms with E-state index >= 15 is 0 Å². The molecule has 2 heterocycles. The summed E-state index contributed by atoms with van der Waals surface area (Å²) in [6.07, 6.45) is 5.45. The van der Waals surface area contributed by atoms with Gasteiger partial charge >= 0.3 is 0 Å². The van der Waals surface area contributed by atoms with Gasteiger partial charge in [-0.2, -0.15) is 0 Å². The summed E-state index contributed by atoms with van der Waals surface area (Å²) in [6.45, 7) is 2.57. The summed E-state index contributed by atoms with van der Waals surface area (Å²) in [5.74, 6) is -0.188. The van der Waals surface area contributed by atoms with Crippen molar-refractivity contribution >= 4 is 11.8 Å². The SMILES string of the molecule is CC(=O)N[C@H]1CC=C[C@H]2C[C@@H](OCc3ccccc3)CN2C1=O. The quantitative estimate of drug-likeness (QED) is 0.860. The van der Waals surface area contributed by atoms with Gasteiger partial charge in [-0.1, -0.05) is 42.5 Å². The second kappa shape index (κ2) is 6.96.